The number of amides is 2. The van der Waals surface area contributed by atoms with Crippen molar-refractivity contribution < 1.29 is 32.2 Å². The fourth-order valence-corrected chi connectivity index (χ4v) is 8.12. The number of hydrogen-bond acceptors (Lipinski definition) is 9. The van der Waals surface area contributed by atoms with E-state index in [1.807, 2.05) is 26.0 Å². The van der Waals surface area contributed by atoms with Crippen LogP contribution in [0.1, 0.15) is 57.2 Å². The average Bonchev–Trinajstić information content (AvgIpc) is 3.27. The Morgan fingerprint density at radius 3 is 2.31 bits per heavy atom. The smallest absolute Gasteiger partial charge is 0.247 e. The number of carbonyl (C=O) groups is 2. The molecule has 1 saturated heterocycles. The predicted octanol–water partition coefficient (Wildman–Crippen LogP) is 4.87. The van der Waals surface area contributed by atoms with Gasteiger partial charge in [0.2, 0.25) is 33.0 Å². The molecule has 0 unspecified atom stereocenters. The summed E-state index contributed by atoms with van der Waals surface area (Å²) in [5.74, 6) is 0.730. The second-order valence-electron chi connectivity index (χ2n) is 12.4. The molecule has 49 heavy (non-hydrogen) atoms. The van der Waals surface area contributed by atoms with Crippen molar-refractivity contribution in [1.82, 2.24) is 5.32 Å². The number of hydrogen-bond donors (Lipinski definition) is 3. The van der Waals surface area contributed by atoms with E-state index in [1.165, 1.54) is 24.4 Å². The number of carbonyl (C=O) groups excluding carboxylic acids is 2. The van der Waals surface area contributed by atoms with Crippen molar-refractivity contribution in [3.05, 3.63) is 69.9 Å². The maximum Gasteiger partial charge on any atom is 0.247 e. The van der Waals surface area contributed by atoms with Crippen LogP contribution in [0, 0.1) is 5.92 Å². The van der Waals surface area contributed by atoms with E-state index >= 15 is 0 Å². The minimum Gasteiger partial charge on any atom is -0.493 e. The van der Waals surface area contributed by atoms with Crippen molar-refractivity contribution in [3.63, 3.8) is 0 Å². The lowest BCUT2D eigenvalue weighted by Crippen LogP contribution is -2.40. The van der Waals surface area contributed by atoms with Gasteiger partial charge in [0.1, 0.15) is 6.04 Å². The van der Waals surface area contributed by atoms with Gasteiger partial charge in [0.15, 0.2) is 11.5 Å². The first kappa shape index (κ1) is 35.5. The van der Waals surface area contributed by atoms with E-state index < -0.39 is 22.1 Å². The number of nitrogens with one attached hydrogen (secondary N) is 3. The zero-order chi connectivity index (χ0) is 35.5. The largest absolute Gasteiger partial charge is 0.493 e. The summed E-state index contributed by atoms with van der Waals surface area (Å²) in [6.07, 6.45) is 2.31. The second kappa shape index (κ2) is 14.8. The Bertz CT molecular complexity index is 1900. The first-order chi connectivity index (χ1) is 23.4. The fraction of sp³-hybridized carbons (Fsp3) is 0.417. The monoisotopic (exact) mass is 692 g/mol. The maximum atomic E-state index is 13.9. The summed E-state index contributed by atoms with van der Waals surface area (Å²) in [6.45, 7) is 5.76. The van der Waals surface area contributed by atoms with Gasteiger partial charge in [0, 0.05) is 24.7 Å². The molecule has 2 aliphatic rings. The summed E-state index contributed by atoms with van der Waals surface area (Å²) >= 11 is 0. The van der Waals surface area contributed by atoms with E-state index in [0.29, 0.717) is 72.0 Å². The van der Waals surface area contributed by atoms with Crippen LogP contribution in [0.5, 0.6) is 17.2 Å². The van der Waals surface area contributed by atoms with E-state index in [-0.39, 0.29) is 34.6 Å². The number of benzene rings is 2. The highest BCUT2D eigenvalue weighted by Gasteiger charge is 2.31. The highest BCUT2D eigenvalue weighted by Crippen LogP contribution is 2.50. The number of sulfonamides is 1. The van der Waals surface area contributed by atoms with Crippen molar-refractivity contribution in [3.8, 4) is 28.4 Å². The lowest BCUT2D eigenvalue weighted by molar-refractivity contribution is -0.120. The number of methoxy groups -OCH3 is 3. The molecule has 0 bridgehead atoms. The molecule has 262 valence electrons. The van der Waals surface area contributed by atoms with Crippen LogP contribution < -0.4 is 39.9 Å². The SMILES string of the molecule is CC[C@@H](C)[C@H](Nc1ccc2c(cc1=O)[C@@H](NC(C)=O)CCc1cc(OC)c(OC)c(OC)c1-2)C(=O)Nc1ccc(N2CCCS2(=O)=O)cc1. The van der Waals surface area contributed by atoms with Crippen LogP contribution in [0.2, 0.25) is 0 Å². The van der Waals surface area contributed by atoms with Gasteiger partial charge in [-0.05, 0) is 84.3 Å². The molecular formula is C36H44N4O8S. The van der Waals surface area contributed by atoms with Crippen molar-refractivity contribution in [2.24, 2.45) is 5.92 Å². The Morgan fingerprint density at radius 2 is 1.71 bits per heavy atom. The van der Waals surface area contributed by atoms with Gasteiger partial charge in [-0.25, -0.2) is 8.42 Å². The molecule has 1 aliphatic carbocycles. The lowest BCUT2D eigenvalue weighted by atomic mass is 9.95. The zero-order valence-electron chi connectivity index (χ0n) is 28.7. The molecule has 3 aromatic rings. The Morgan fingerprint density at radius 1 is 1.00 bits per heavy atom. The first-order valence-corrected chi connectivity index (χ1v) is 18.0. The molecule has 1 aliphatic heterocycles. The quantitative estimate of drug-likeness (QED) is 0.256. The van der Waals surface area contributed by atoms with E-state index in [0.717, 1.165) is 11.1 Å². The topological polar surface area (TPSA) is 152 Å². The van der Waals surface area contributed by atoms with Crippen LogP contribution in [0.4, 0.5) is 17.1 Å². The van der Waals surface area contributed by atoms with Gasteiger partial charge >= 0.3 is 0 Å². The van der Waals surface area contributed by atoms with Gasteiger partial charge in [-0.2, -0.15) is 0 Å². The van der Waals surface area contributed by atoms with Gasteiger partial charge in [-0.3, -0.25) is 18.7 Å². The molecule has 1 heterocycles. The van der Waals surface area contributed by atoms with Crippen molar-refractivity contribution in [1.29, 1.82) is 0 Å². The summed E-state index contributed by atoms with van der Waals surface area (Å²) in [4.78, 5) is 40.0. The first-order valence-electron chi connectivity index (χ1n) is 16.4. The minimum atomic E-state index is -3.33. The number of rotatable bonds is 11. The van der Waals surface area contributed by atoms with Gasteiger partial charge in [0.25, 0.3) is 0 Å². The number of ether oxygens (including phenoxy) is 3. The molecule has 12 nitrogen and oxygen atoms in total. The van der Waals surface area contributed by atoms with Gasteiger partial charge in [-0.1, -0.05) is 26.3 Å². The number of anilines is 3. The van der Waals surface area contributed by atoms with Crippen molar-refractivity contribution >= 4 is 38.9 Å². The molecule has 3 N–H and O–H groups in total. The minimum absolute atomic E-state index is 0.118. The molecule has 2 amide bonds. The highest BCUT2D eigenvalue weighted by molar-refractivity contribution is 7.93. The Labute approximate surface area is 287 Å². The van der Waals surface area contributed by atoms with Crippen LogP contribution >= 0.6 is 0 Å². The Balaban J connectivity index is 1.53. The third-order valence-electron chi connectivity index (χ3n) is 9.24. The lowest BCUT2D eigenvalue weighted by Gasteiger charge is -2.24. The zero-order valence-corrected chi connectivity index (χ0v) is 29.5. The molecule has 5 rings (SSSR count). The number of aryl methyl sites for hydroxylation is 1. The molecule has 3 atom stereocenters. The van der Waals surface area contributed by atoms with Crippen molar-refractivity contribution in [2.75, 3.05) is 48.6 Å². The van der Waals surface area contributed by atoms with Crippen molar-refractivity contribution in [2.45, 2.75) is 58.5 Å². The maximum absolute atomic E-state index is 13.9. The second-order valence-corrected chi connectivity index (χ2v) is 14.4. The summed E-state index contributed by atoms with van der Waals surface area (Å²) < 4.78 is 43.2. The van der Waals surface area contributed by atoms with E-state index in [4.69, 9.17) is 14.2 Å². The molecule has 0 radical (unpaired) electrons. The Kier molecular flexibility index (Phi) is 10.7. The summed E-state index contributed by atoms with van der Waals surface area (Å²) in [6, 6.07) is 12.3. The predicted molar refractivity (Wildman–Crippen MR) is 190 cm³/mol. The average molecular weight is 693 g/mol. The van der Waals surface area contributed by atoms with E-state index in [9.17, 15) is 22.8 Å². The third kappa shape index (κ3) is 7.31. The summed E-state index contributed by atoms with van der Waals surface area (Å²) in [7, 11) is 1.29. The molecule has 0 spiro atoms. The van der Waals surface area contributed by atoms with Gasteiger partial charge in [-0.15, -0.1) is 0 Å². The normalized spacial score (nSPS) is 17.4. The van der Waals surface area contributed by atoms with E-state index in [1.54, 1.807) is 44.6 Å². The molecule has 3 aromatic carbocycles. The van der Waals surface area contributed by atoms with Gasteiger partial charge < -0.3 is 30.2 Å². The highest BCUT2D eigenvalue weighted by atomic mass is 32.2. The standard InChI is InChI=1S/C36H44N4O8S/c1-7-21(2)33(36(43)38-24-10-12-25(13-11-24)40-17-8-18-49(40,44)45)39-29-16-14-26-27(20-30(29)42)28(37-22(3)41)15-9-23-19-31(46-4)34(47-5)35(48-6)32(23)26/h10-14,16,19-21,28,33H,7-9,15,17-18H2,1-6H3,(H,37,41)(H,38,43)(H,39,42)/t21-,28+,33+/m1/s1. The fourth-order valence-electron chi connectivity index (χ4n) is 6.56. The van der Waals surface area contributed by atoms with Crippen LogP contribution in [-0.2, 0) is 26.0 Å². The molecular weight excluding hydrogens is 648 g/mol. The number of fused-ring (bicyclic) bond motifs is 3. The molecule has 1 fully saturated rings. The van der Waals surface area contributed by atoms with E-state index in [2.05, 4.69) is 16.0 Å². The molecule has 0 saturated carbocycles. The van der Waals surface area contributed by atoms with Crippen LogP contribution in [0.25, 0.3) is 11.1 Å². The van der Waals surface area contributed by atoms with Crippen LogP contribution in [-0.4, -0.2) is 59.9 Å². The summed E-state index contributed by atoms with van der Waals surface area (Å²) in [5, 5.41) is 9.15. The Hall–Kier alpha value is -4.78. The van der Waals surface area contributed by atoms with Crippen LogP contribution in [0.3, 0.4) is 0 Å². The van der Waals surface area contributed by atoms with Gasteiger partial charge in [0.05, 0.1) is 44.5 Å². The third-order valence-corrected chi connectivity index (χ3v) is 11.1. The molecule has 0 aromatic heterocycles. The molecule has 13 heteroatoms. The number of nitrogens with zero attached hydrogens (tertiary/aromatic N) is 1. The van der Waals surface area contributed by atoms with Crippen LogP contribution in [0.15, 0.2) is 53.3 Å². The summed E-state index contributed by atoms with van der Waals surface area (Å²) in [5.41, 5.74) is 3.84.